The van der Waals surface area contributed by atoms with Crippen LogP contribution in [0.15, 0.2) is 42.5 Å². The molecular formula is C17H20FNO. The number of nitrogens with one attached hydrogen (secondary N) is 1. The maximum atomic E-state index is 13.1. The highest BCUT2D eigenvalue weighted by molar-refractivity contribution is 5.51. The molecule has 1 unspecified atom stereocenters. The van der Waals surface area contributed by atoms with Crippen LogP contribution in [0.1, 0.15) is 18.1 Å². The Morgan fingerprint density at radius 2 is 1.85 bits per heavy atom. The van der Waals surface area contributed by atoms with Crippen LogP contribution in [0.2, 0.25) is 0 Å². The van der Waals surface area contributed by atoms with E-state index in [1.807, 2.05) is 19.1 Å². The van der Waals surface area contributed by atoms with Gasteiger partial charge in [0.2, 0.25) is 0 Å². The van der Waals surface area contributed by atoms with Crippen molar-refractivity contribution in [3.63, 3.8) is 0 Å². The van der Waals surface area contributed by atoms with E-state index in [1.54, 1.807) is 19.2 Å². The van der Waals surface area contributed by atoms with Gasteiger partial charge in [-0.3, -0.25) is 0 Å². The number of methoxy groups -OCH3 is 1. The lowest BCUT2D eigenvalue weighted by Crippen LogP contribution is -2.18. The molecule has 0 aliphatic rings. The van der Waals surface area contributed by atoms with Gasteiger partial charge in [0.25, 0.3) is 0 Å². The van der Waals surface area contributed by atoms with Crippen LogP contribution in [0.3, 0.4) is 0 Å². The molecule has 0 aromatic heterocycles. The van der Waals surface area contributed by atoms with Gasteiger partial charge in [0.1, 0.15) is 11.6 Å². The van der Waals surface area contributed by atoms with Gasteiger partial charge in [-0.2, -0.15) is 0 Å². The van der Waals surface area contributed by atoms with Gasteiger partial charge in [-0.25, -0.2) is 4.39 Å². The summed E-state index contributed by atoms with van der Waals surface area (Å²) in [5.74, 6) is 0.666. The number of ether oxygens (including phenoxy) is 1. The van der Waals surface area contributed by atoms with Crippen LogP contribution in [0.4, 0.5) is 10.1 Å². The fourth-order valence-electron chi connectivity index (χ4n) is 2.22. The van der Waals surface area contributed by atoms with Crippen molar-refractivity contribution < 1.29 is 9.13 Å². The van der Waals surface area contributed by atoms with Crippen molar-refractivity contribution in [3.8, 4) is 5.75 Å². The van der Waals surface area contributed by atoms with Gasteiger partial charge >= 0.3 is 0 Å². The molecule has 0 bridgehead atoms. The zero-order valence-electron chi connectivity index (χ0n) is 12.1. The van der Waals surface area contributed by atoms with Crippen LogP contribution in [0.5, 0.6) is 5.75 Å². The summed E-state index contributed by atoms with van der Waals surface area (Å²) in [4.78, 5) is 0. The first kappa shape index (κ1) is 14.4. The Morgan fingerprint density at radius 3 is 2.45 bits per heavy atom. The van der Waals surface area contributed by atoms with Gasteiger partial charge in [0, 0.05) is 11.7 Å². The topological polar surface area (TPSA) is 21.3 Å². The minimum atomic E-state index is -0.198. The van der Waals surface area contributed by atoms with E-state index in [9.17, 15) is 4.39 Å². The van der Waals surface area contributed by atoms with E-state index >= 15 is 0 Å². The summed E-state index contributed by atoms with van der Waals surface area (Å²) in [7, 11) is 1.66. The zero-order valence-corrected chi connectivity index (χ0v) is 12.1. The zero-order chi connectivity index (χ0) is 14.5. The second-order valence-electron chi connectivity index (χ2n) is 5.06. The van der Waals surface area contributed by atoms with Crippen LogP contribution in [0.25, 0.3) is 0 Å². The molecule has 2 rings (SSSR count). The number of aryl methyl sites for hydroxylation is 1. The molecule has 0 saturated heterocycles. The molecule has 2 nitrogen and oxygen atoms in total. The van der Waals surface area contributed by atoms with Crippen molar-refractivity contribution in [2.45, 2.75) is 26.3 Å². The Bertz CT molecular complexity index is 566. The summed E-state index contributed by atoms with van der Waals surface area (Å²) in [6.07, 6.45) is 0.904. The van der Waals surface area contributed by atoms with Gasteiger partial charge in [-0.15, -0.1) is 0 Å². The predicted molar refractivity (Wildman–Crippen MR) is 80.9 cm³/mol. The quantitative estimate of drug-likeness (QED) is 0.882. The number of benzene rings is 2. The molecule has 0 heterocycles. The number of hydrogen-bond acceptors (Lipinski definition) is 2. The standard InChI is InChI=1S/C17H20FNO/c1-12-10-15(18)6-9-17(12)19-13(2)11-14-4-7-16(20-3)8-5-14/h4-10,13,19H,11H2,1-3H3. The molecule has 0 radical (unpaired) electrons. The molecule has 0 fully saturated rings. The van der Waals surface area contributed by atoms with Gasteiger partial charge in [0.15, 0.2) is 0 Å². The van der Waals surface area contributed by atoms with E-state index in [0.29, 0.717) is 0 Å². The normalized spacial score (nSPS) is 12.0. The molecule has 3 heteroatoms. The molecular weight excluding hydrogens is 253 g/mol. The molecule has 0 amide bonds. The summed E-state index contributed by atoms with van der Waals surface area (Å²) in [6.45, 7) is 4.03. The summed E-state index contributed by atoms with van der Waals surface area (Å²) in [6, 6.07) is 13.1. The highest BCUT2D eigenvalue weighted by atomic mass is 19.1. The Kier molecular flexibility index (Phi) is 4.61. The first-order chi connectivity index (χ1) is 9.58. The maximum Gasteiger partial charge on any atom is 0.123 e. The number of anilines is 1. The lowest BCUT2D eigenvalue weighted by molar-refractivity contribution is 0.414. The van der Waals surface area contributed by atoms with E-state index in [4.69, 9.17) is 4.74 Å². The monoisotopic (exact) mass is 273 g/mol. The van der Waals surface area contributed by atoms with E-state index < -0.39 is 0 Å². The van der Waals surface area contributed by atoms with Crippen molar-refractivity contribution in [1.82, 2.24) is 0 Å². The maximum absolute atomic E-state index is 13.1. The van der Waals surface area contributed by atoms with Gasteiger partial charge in [-0.05, 0) is 61.7 Å². The fraction of sp³-hybridized carbons (Fsp3) is 0.294. The average Bonchev–Trinajstić information content (AvgIpc) is 2.43. The SMILES string of the molecule is COc1ccc(CC(C)Nc2ccc(F)cc2C)cc1. The van der Waals surface area contributed by atoms with Crippen molar-refractivity contribution in [2.75, 3.05) is 12.4 Å². The molecule has 2 aromatic rings. The first-order valence-electron chi connectivity index (χ1n) is 6.74. The molecule has 20 heavy (non-hydrogen) atoms. The Balaban J connectivity index is 1.99. The second-order valence-corrected chi connectivity index (χ2v) is 5.06. The lowest BCUT2D eigenvalue weighted by atomic mass is 10.1. The fourth-order valence-corrected chi connectivity index (χ4v) is 2.22. The van der Waals surface area contributed by atoms with Gasteiger partial charge < -0.3 is 10.1 Å². The number of rotatable bonds is 5. The van der Waals surface area contributed by atoms with E-state index in [2.05, 4.69) is 24.4 Å². The second kappa shape index (κ2) is 6.42. The van der Waals surface area contributed by atoms with E-state index in [1.165, 1.54) is 11.6 Å². The molecule has 1 atom stereocenters. The highest BCUT2D eigenvalue weighted by Crippen LogP contribution is 2.18. The molecule has 106 valence electrons. The summed E-state index contributed by atoms with van der Waals surface area (Å²) >= 11 is 0. The number of halogens is 1. The summed E-state index contributed by atoms with van der Waals surface area (Å²) < 4.78 is 18.2. The third-order valence-corrected chi connectivity index (χ3v) is 3.29. The smallest absolute Gasteiger partial charge is 0.123 e. The van der Waals surface area contributed by atoms with Crippen LogP contribution in [0, 0.1) is 12.7 Å². The van der Waals surface area contributed by atoms with Crippen molar-refractivity contribution in [1.29, 1.82) is 0 Å². The average molecular weight is 273 g/mol. The Morgan fingerprint density at radius 1 is 1.15 bits per heavy atom. The molecule has 2 aromatic carbocycles. The summed E-state index contributed by atoms with van der Waals surface area (Å²) in [5, 5.41) is 3.42. The predicted octanol–water partition coefficient (Wildman–Crippen LogP) is 4.19. The van der Waals surface area contributed by atoms with Crippen LogP contribution < -0.4 is 10.1 Å². The third kappa shape index (κ3) is 3.73. The van der Waals surface area contributed by atoms with Crippen molar-refractivity contribution in [2.24, 2.45) is 0 Å². The molecule has 0 aliphatic carbocycles. The van der Waals surface area contributed by atoms with E-state index in [0.717, 1.165) is 23.4 Å². The molecule has 0 aliphatic heterocycles. The molecule has 0 spiro atoms. The van der Waals surface area contributed by atoms with Crippen molar-refractivity contribution >= 4 is 5.69 Å². The van der Waals surface area contributed by atoms with Crippen LogP contribution >= 0.6 is 0 Å². The molecule has 0 saturated carbocycles. The largest absolute Gasteiger partial charge is 0.497 e. The highest BCUT2D eigenvalue weighted by Gasteiger charge is 2.06. The Hall–Kier alpha value is -2.03. The Labute approximate surface area is 119 Å². The first-order valence-corrected chi connectivity index (χ1v) is 6.74. The van der Waals surface area contributed by atoms with Crippen molar-refractivity contribution in [3.05, 3.63) is 59.4 Å². The minimum Gasteiger partial charge on any atom is -0.497 e. The van der Waals surface area contributed by atoms with Crippen LogP contribution in [-0.2, 0) is 6.42 Å². The van der Waals surface area contributed by atoms with Crippen LogP contribution in [-0.4, -0.2) is 13.2 Å². The number of hydrogen-bond donors (Lipinski definition) is 1. The molecule has 1 N–H and O–H groups in total. The third-order valence-electron chi connectivity index (χ3n) is 3.29. The minimum absolute atomic E-state index is 0.198. The van der Waals surface area contributed by atoms with Gasteiger partial charge in [-0.1, -0.05) is 12.1 Å². The summed E-state index contributed by atoms with van der Waals surface area (Å²) in [5.41, 5.74) is 3.14. The lowest BCUT2D eigenvalue weighted by Gasteiger charge is -2.17. The van der Waals surface area contributed by atoms with Gasteiger partial charge in [0.05, 0.1) is 7.11 Å². The van der Waals surface area contributed by atoms with E-state index in [-0.39, 0.29) is 11.9 Å².